The van der Waals surface area contributed by atoms with Crippen LogP contribution in [0.3, 0.4) is 0 Å². The maximum atomic E-state index is 12.6. The number of aromatic nitrogens is 2. The Bertz CT molecular complexity index is 932. The smallest absolute Gasteiger partial charge is 0.261 e. The van der Waals surface area contributed by atoms with Gasteiger partial charge in [-0.25, -0.2) is 9.97 Å². The molecule has 1 N–H and O–H groups in total. The van der Waals surface area contributed by atoms with Gasteiger partial charge in [0.15, 0.2) is 0 Å². The third-order valence-corrected chi connectivity index (χ3v) is 5.56. The summed E-state index contributed by atoms with van der Waals surface area (Å²) in [5.74, 6) is 1.57. The summed E-state index contributed by atoms with van der Waals surface area (Å²) in [7, 11) is 1.66. The van der Waals surface area contributed by atoms with Crippen LogP contribution in [0.2, 0.25) is 0 Å². The predicted octanol–water partition coefficient (Wildman–Crippen LogP) is 3.99. The van der Waals surface area contributed by atoms with Crippen LogP contribution in [0, 0.1) is 20.8 Å². The molecule has 0 spiro atoms. The average molecular weight is 369 g/mol. The van der Waals surface area contributed by atoms with Crippen LogP contribution in [0.25, 0.3) is 10.2 Å². The van der Waals surface area contributed by atoms with Crippen LogP contribution in [-0.2, 0) is 6.42 Å². The summed E-state index contributed by atoms with van der Waals surface area (Å²) < 4.78 is 5.16. The fourth-order valence-corrected chi connectivity index (χ4v) is 4.25. The predicted molar refractivity (Wildman–Crippen MR) is 105 cm³/mol. The molecule has 3 aromatic rings. The molecule has 0 unspecified atom stereocenters. The molecule has 26 heavy (non-hydrogen) atoms. The van der Waals surface area contributed by atoms with Crippen molar-refractivity contribution in [1.29, 1.82) is 0 Å². The number of nitrogens with one attached hydrogen (secondary N) is 1. The second-order valence-electron chi connectivity index (χ2n) is 6.30. The molecule has 0 saturated heterocycles. The molecule has 3 rings (SSSR count). The number of amides is 1. The Morgan fingerprint density at radius 3 is 2.58 bits per heavy atom. The number of ether oxygens (including phenoxy) is 1. The van der Waals surface area contributed by atoms with E-state index in [1.807, 2.05) is 32.9 Å². The van der Waals surface area contributed by atoms with Crippen molar-refractivity contribution in [1.82, 2.24) is 15.3 Å². The lowest BCUT2D eigenvalue weighted by Crippen LogP contribution is -2.24. The molecular formula is C20H23N3O2S. The lowest BCUT2D eigenvalue weighted by molar-refractivity contribution is 0.0957. The van der Waals surface area contributed by atoms with Crippen LogP contribution < -0.4 is 10.1 Å². The molecule has 0 aliphatic carbocycles. The van der Waals surface area contributed by atoms with Crippen LogP contribution in [0.5, 0.6) is 5.75 Å². The summed E-state index contributed by atoms with van der Waals surface area (Å²) in [6.45, 7) is 6.45. The minimum atomic E-state index is -0.0303. The number of rotatable bonds is 6. The van der Waals surface area contributed by atoms with Crippen molar-refractivity contribution in [3.63, 3.8) is 0 Å². The largest absolute Gasteiger partial charge is 0.497 e. The number of methoxy groups -OCH3 is 1. The summed E-state index contributed by atoms with van der Waals surface area (Å²) in [5.41, 5.74) is 3.13. The zero-order valence-corrected chi connectivity index (χ0v) is 16.4. The second-order valence-corrected chi connectivity index (χ2v) is 7.30. The number of carbonyl (C=O) groups excluding carboxylic acids is 1. The third-order valence-electron chi connectivity index (χ3n) is 4.38. The first-order valence-electron chi connectivity index (χ1n) is 8.65. The molecule has 6 heteroatoms. The van der Waals surface area contributed by atoms with E-state index in [0.29, 0.717) is 6.54 Å². The summed E-state index contributed by atoms with van der Waals surface area (Å²) in [6, 6.07) is 8.03. The fourth-order valence-electron chi connectivity index (χ4n) is 3.06. The van der Waals surface area contributed by atoms with Gasteiger partial charge in [0, 0.05) is 17.6 Å². The lowest BCUT2D eigenvalue weighted by atomic mass is 10.1. The molecule has 0 aliphatic rings. The minimum Gasteiger partial charge on any atom is -0.497 e. The summed E-state index contributed by atoms with van der Waals surface area (Å²) >= 11 is 1.44. The molecular weight excluding hydrogens is 346 g/mol. The summed E-state index contributed by atoms with van der Waals surface area (Å²) in [4.78, 5) is 23.1. The lowest BCUT2D eigenvalue weighted by Gasteiger charge is -2.06. The van der Waals surface area contributed by atoms with Crippen molar-refractivity contribution in [2.45, 2.75) is 33.6 Å². The zero-order chi connectivity index (χ0) is 18.7. The van der Waals surface area contributed by atoms with Gasteiger partial charge in [0.1, 0.15) is 16.4 Å². The first-order chi connectivity index (χ1) is 12.5. The Morgan fingerprint density at radius 1 is 1.15 bits per heavy atom. The number of thiophene rings is 1. The van der Waals surface area contributed by atoms with Crippen molar-refractivity contribution >= 4 is 27.5 Å². The SMILES string of the molecule is COc1ccc(CCCNC(=O)c2sc3nc(C)nc(C)c3c2C)cc1. The van der Waals surface area contributed by atoms with Crippen molar-refractivity contribution in [2.24, 2.45) is 0 Å². The van der Waals surface area contributed by atoms with E-state index in [1.165, 1.54) is 16.9 Å². The highest BCUT2D eigenvalue weighted by Gasteiger charge is 2.18. The highest BCUT2D eigenvalue weighted by Crippen LogP contribution is 2.31. The molecule has 1 aromatic carbocycles. The van der Waals surface area contributed by atoms with Gasteiger partial charge in [0.25, 0.3) is 5.91 Å². The number of aryl methyl sites for hydroxylation is 4. The van der Waals surface area contributed by atoms with Gasteiger partial charge in [0.2, 0.25) is 0 Å². The zero-order valence-electron chi connectivity index (χ0n) is 15.5. The highest BCUT2D eigenvalue weighted by atomic mass is 32.1. The van der Waals surface area contributed by atoms with Gasteiger partial charge in [-0.15, -0.1) is 11.3 Å². The molecule has 0 aliphatic heterocycles. The number of carbonyl (C=O) groups is 1. The van der Waals surface area contributed by atoms with Gasteiger partial charge in [-0.1, -0.05) is 12.1 Å². The molecule has 5 nitrogen and oxygen atoms in total. The van der Waals surface area contributed by atoms with E-state index in [1.54, 1.807) is 7.11 Å². The first-order valence-corrected chi connectivity index (χ1v) is 9.46. The van der Waals surface area contributed by atoms with E-state index >= 15 is 0 Å². The number of hydrogen-bond acceptors (Lipinski definition) is 5. The fraction of sp³-hybridized carbons (Fsp3) is 0.350. The van der Waals surface area contributed by atoms with Gasteiger partial charge >= 0.3 is 0 Å². The molecule has 2 heterocycles. The Morgan fingerprint density at radius 2 is 1.88 bits per heavy atom. The number of fused-ring (bicyclic) bond motifs is 1. The molecule has 0 atom stereocenters. The van der Waals surface area contributed by atoms with Crippen molar-refractivity contribution in [2.75, 3.05) is 13.7 Å². The Hall–Kier alpha value is -2.47. The first kappa shape index (κ1) is 18.3. The second kappa shape index (κ2) is 7.83. The van der Waals surface area contributed by atoms with Gasteiger partial charge in [-0.3, -0.25) is 4.79 Å². The van der Waals surface area contributed by atoms with Gasteiger partial charge in [0.05, 0.1) is 12.0 Å². The molecule has 1 amide bonds. The maximum Gasteiger partial charge on any atom is 0.261 e. The molecule has 136 valence electrons. The van der Waals surface area contributed by atoms with Crippen LogP contribution in [-0.4, -0.2) is 29.5 Å². The minimum absolute atomic E-state index is 0.0303. The van der Waals surface area contributed by atoms with E-state index in [9.17, 15) is 4.79 Å². The molecule has 0 bridgehead atoms. The number of nitrogens with zero attached hydrogens (tertiary/aromatic N) is 2. The Balaban J connectivity index is 1.60. The number of hydrogen-bond donors (Lipinski definition) is 1. The molecule has 0 fully saturated rings. The van der Waals surface area contributed by atoms with Crippen molar-refractivity contribution in [3.8, 4) is 5.75 Å². The topological polar surface area (TPSA) is 64.1 Å². The van der Waals surface area contributed by atoms with E-state index in [-0.39, 0.29) is 5.91 Å². The van der Waals surface area contributed by atoms with Crippen LogP contribution in [0.4, 0.5) is 0 Å². The van der Waals surface area contributed by atoms with Crippen LogP contribution in [0.1, 0.15) is 38.7 Å². The monoisotopic (exact) mass is 369 g/mol. The maximum absolute atomic E-state index is 12.6. The van der Waals surface area contributed by atoms with Gasteiger partial charge in [-0.05, 0) is 56.9 Å². The summed E-state index contributed by atoms with van der Waals surface area (Å²) in [5, 5.41) is 4.03. The van der Waals surface area contributed by atoms with Gasteiger partial charge < -0.3 is 10.1 Å². The third kappa shape index (κ3) is 3.85. The van der Waals surface area contributed by atoms with E-state index in [0.717, 1.165) is 50.8 Å². The quantitative estimate of drug-likeness (QED) is 0.667. The Kier molecular flexibility index (Phi) is 5.52. The van der Waals surface area contributed by atoms with Crippen LogP contribution in [0.15, 0.2) is 24.3 Å². The normalized spacial score (nSPS) is 10.9. The standard InChI is InChI=1S/C20H23N3O2S/c1-12-17-13(2)22-14(3)23-20(17)26-18(12)19(24)21-11-5-6-15-7-9-16(25-4)10-8-15/h7-10H,5-6,11H2,1-4H3,(H,21,24). The molecule has 0 radical (unpaired) electrons. The van der Waals surface area contributed by atoms with E-state index in [4.69, 9.17) is 4.74 Å². The highest BCUT2D eigenvalue weighted by molar-refractivity contribution is 7.20. The Labute approximate surface area is 157 Å². The molecule has 0 saturated carbocycles. The van der Waals surface area contributed by atoms with E-state index < -0.39 is 0 Å². The van der Waals surface area contributed by atoms with Gasteiger partial charge in [-0.2, -0.15) is 0 Å². The molecule has 2 aromatic heterocycles. The van der Waals surface area contributed by atoms with E-state index in [2.05, 4.69) is 27.4 Å². The van der Waals surface area contributed by atoms with Crippen molar-refractivity contribution in [3.05, 3.63) is 51.8 Å². The van der Waals surface area contributed by atoms with Crippen molar-refractivity contribution < 1.29 is 9.53 Å². The number of benzene rings is 1. The van der Waals surface area contributed by atoms with Crippen LogP contribution >= 0.6 is 11.3 Å². The average Bonchev–Trinajstić information content (AvgIpc) is 2.95. The summed E-state index contributed by atoms with van der Waals surface area (Å²) in [6.07, 6.45) is 1.80.